The molecular formula is C21H33ClN2O2. The predicted molar refractivity (Wildman–Crippen MR) is 108 cm³/mol. The maximum atomic E-state index is 12.9. The molecule has 4 nitrogen and oxygen atoms in total. The van der Waals surface area contributed by atoms with Gasteiger partial charge in [0.05, 0.1) is 7.11 Å². The number of amides is 1. The molecule has 2 aliphatic carbocycles. The number of nitrogens with two attached hydrogens (primary N) is 1. The lowest BCUT2D eigenvalue weighted by atomic mass is 9.65. The fraction of sp³-hybridized carbons (Fsp3) is 0.667. The van der Waals surface area contributed by atoms with E-state index in [0.29, 0.717) is 17.9 Å². The minimum absolute atomic E-state index is 0. The lowest BCUT2D eigenvalue weighted by Crippen LogP contribution is -2.52. The molecule has 2 atom stereocenters. The van der Waals surface area contributed by atoms with Crippen molar-refractivity contribution in [2.45, 2.75) is 64.0 Å². The molecule has 146 valence electrons. The van der Waals surface area contributed by atoms with Gasteiger partial charge in [0.2, 0.25) is 5.91 Å². The van der Waals surface area contributed by atoms with E-state index in [4.69, 9.17) is 10.5 Å². The number of benzene rings is 1. The lowest BCUT2D eigenvalue weighted by molar-refractivity contribution is -0.129. The summed E-state index contributed by atoms with van der Waals surface area (Å²) < 4.78 is 5.45. The van der Waals surface area contributed by atoms with Crippen LogP contribution in [0.2, 0.25) is 0 Å². The maximum Gasteiger partial charge on any atom is 0.223 e. The van der Waals surface area contributed by atoms with Gasteiger partial charge in [0.25, 0.3) is 0 Å². The second kappa shape index (κ2) is 8.62. The van der Waals surface area contributed by atoms with E-state index < -0.39 is 0 Å². The number of carbonyl (C=O) groups is 1. The fourth-order valence-corrected chi connectivity index (χ4v) is 4.81. The van der Waals surface area contributed by atoms with Crippen LogP contribution in [0.3, 0.4) is 0 Å². The van der Waals surface area contributed by atoms with Crippen molar-refractivity contribution in [1.29, 1.82) is 0 Å². The zero-order valence-electron chi connectivity index (χ0n) is 16.2. The highest BCUT2D eigenvalue weighted by Gasteiger charge is 2.41. The van der Waals surface area contributed by atoms with Gasteiger partial charge in [0.15, 0.2) is 0 Å². The van der Waals surface area contributed by atoms with Gasteiger partial charge < -0.3 is 15.8 Å². The number of hydrogen-bond acceptors (Lipinski definition) is 3. The van der Waals surface area contributed by atoms with Gasteiger partial charge in [-0.1, -0.05) is 24.6 Å². The first-order chi connectivity index (χ1) is 11.9. The fourth-order valence-electron chi connectivity index (χ4n) is 4.81. The van der Waals surface area contributed by atoms with Crippen LogP contribution in [0, 0.1) is 17.8 Å². The highest BCUT2D eigenvalue weighted by Crippen LogP contribution is 2.42. The summed E-state index contributed by atoms with van der Waals surface area (Å²) in [4.78, 5) is 12.9. The summed E-state index contributed by atoms with van der Waals surface area (Å²) in [5.41, 5.74) is 7.18. The Morgan fingerprint density at radius 2 is 1.85 bits per heavy atom. The third kappa shape index (κ3) is 4.72. The van der Waals surface area contributed by atoms with Crippen LogP contribution in [-0.4, -0.2) is 24.6 Å². The number of halogens is 1. The van der Waals surface area contributed by atoms with Crippen molar-refractivity contribution in [2.75, 3.05) is 7.11 Å². The molecule has 0 heterocycles. The van der Waals surface area contributed by atoms with E-state index in [-0.39, 0.29) is 29.8 Å². The zero-order valence-corrected chi connectivity index (χ0v) is 17.0. The van der Waals surface area contributed by atoms with Gasteiger partial charge in [-0.2, -0.15) is 0 Å². The van der Waals surface area contributed by atoms with Crippen LogP contribution in [0.25, 0.3) is 0 Å². The third-order valence-electron chi connectivity index (χ3n) is 6.07. The van der Waals surface area contributed by atoms with Crippen molar-refractivity contribution in [3.05, 3.63) is 29.8 Å². The van der Waals surface area contributed by atoms with Crippen LogP contribution in [0.15, 0.2) is 24.3 Å². The Balaban J connectivity index is 0.00000243. The number of para-hydroxylation sites is 1. The van der Waals surface area contributed by atoms with Crippen molar-refractivity contribution in [2.24, 2.45) is 23.5 Å². The first-order valence-electron chi connectivity index (χ1n) is 9.59. The molecule has 0 saturated heterocycles. The number of methoxy groups -OCH3 is 1. The molecule has 2 fully saturated rings. The average molecular weight is 381 g/mol. The Morgan fingerprint density at radius 1 is 1.23 bits per heavy atom. The molecule has 5 heteroatoms. The smallest absolute Gasteiger partial charge is 0.223 e. The number of carbonyl (C=O) groups excluding carboxylic acids is 1. The second-order valence-corrected chi connectivity index (χ2v) is 8.56. The van der Waals surface area contributed by atoms with Crippen molar-refractivity contribution in [3.8, 4) is 5.75 Å². The van der Waals surface area contributed by atoms with Gasteiger partial charge in [0, 0.05) is 17.5 Å². The molecule has 1 aromatic rings. The van der Waals surface area contributed by atoms with E-state index in [1.54, 1.807) is 7.11 Å². The summed E-state index contributed by atoms with van der Waals surface area (Å²) >= 11 is 0. The molecule has 1 amide bonds. The summed E-state index contributed by atoms with van der Waals surface area (Å²) in [5, 5.41) is 3.29. The monoisotopic (exact) mass is 380 g/mol. The number of ether oxygens (including phenoxy) is 1. The molecular weight excluding hydrogens is 348 g/mol. The summed E-state index contributed by atoms with van der Waals surface area (Å²) in [6.07, 6.45) is 6.30. The molecule has 26 heavy (non-hydrogen) atoms. The van der Waals surface area contributed by atoms with E-state index in [9.17, 15) is 4.79 Å². The van der Waals surface area contributed by atoms with Crippen LogP contribution in [-0.2, 0) is 11.2 Å². The Kier molecular flexibility index (Phi) is 6.98. The Morgan fingerprint density at radius 3 is 2.46 bits per heavy atom. The summed E-state index contributed by atoms with van der Waals surface area (Å²) in [6, 6.07) is 8.32. The molecule has 2 unspecified atom stereocenters. The lowest BCUT2D eigenvalue weighted by Gasteiger charge is -2.44. The van der Waals surface area contributed by atoms with Crippen LogP contribution in [0.5, 0.6) is 5.75 Å². The van der Waals surface area contributed by atoms with E-state index in [0.717, 1.165) is 30.6 Å². The van der Waals surface area contributed by atoms with Gasteiger partial charge in [-0.05, 0) is 69.4 Å². The highest BCUT2D eigenvalue weighted by molar-refractivity contribution is 5.85. The van der Waals surface area contributed by atoms with Gasteiger partial charge in [0.1, 0.15) is 5.75 Å². The average Bonchev–Trinajstić information content (AvgIpc) is 2.54. The minimum Gasteiger partial charge on any atom is -0.496 e. The molecule has 0 radical (unpaired) electrons. The van der Waals surface area contributed by atoms with Crippen LogP contribution in [0.1, 0.15) is 51.5 Å². The highest BCUT2D eigenvalue weighted by atomic mass is 35.5. The van der Waals surface area contributed by atoms with Crippen molar-refractivity contribution >= 4 is 18.3 Å². The Hall–Kier alpha value is -1.26. The summed E-state index contributed by atoms with van der Waals surface area (Å²) in [5.74, 6) is 2.25. The molecule has 2 bridgehead atoms. The van der Waals surface area contributed by atoms with E-state index >= 15 is 0 Å². The number of rotatable bonds is 5. The predicted octanol–water partition coefficient (Wildman–Crippen LogP) is 3.71. The normalized spacial score (nSPS) is 28.0. The Bertz CT molecular complexity index is 606. The largest absolute Gasteiger partial charge is 0.496 e. The molecule has 0 aromatic heterocycles. The van der Waals surface area contributed by atoms with E-state index in [1.807, 2.05) is 18.2 Å². The molecule has 2 aliphatic rings. The van der Waals surface area contributed by atoms with Crippen molar-refractivity contribution < 1.29 is 9.53 Å². The molecule has 2 saturated carbocycles. The minimum atomic E-state index is -0.305. The van der Waals surface area contributed by atoms with Crippen LogP contribution >= 0.6 is 12.4 Å². The molecule has 3 N–H and O–H groups in total. The third-order valence-corrected chi connectivity index (χ3v) is 6.07. The van der Waals surface area contributed by atoms with E-state index in [2.05, 4.69) is 25.2 Å². The number of fused-ring (bicyclic) bond motifs is 2. The summed E-state index contributed by atoms with van der Waals surface area (Å²) in [7, 11) is 1.69. The number of hydrogen-bond donors (Lipinski definition) is 2. The van der Waals surface area contributed by atoms with Gasteiger partial charge in [-0.3, -0.25) is 4.79 Å². The second-order valence-electron chi connectivity index (χ2n) is 8.56. The standard InChI is InChI=1S/C21H32N2O2.ClH/c1-21(2,13-16-7-4-5-10-18(16)25-3)23-20(24)17-11-14-8-6-9-15(12-17)19(14)22;/h4-5,7,10,14-15,17,19H,6,8-9,11-13,22H2,1-3H3,(H,23,24);1H. The zero-order chi connectivity index (χ0) is 18.0. The van der Waals surface area contributed by atoms with Crippen molar-refractivity contribution in [1.82, 2.24) is 5.32 Å². The first-order valence-corrected chi connectivity index (χ1v) is 9.59. The van der Waals surface area contributed by atoms with E-state index in [1.165, 1.54) is 19.3 Å². The quantitative estimate of drug-likeness (QED) is 0.818. The Labute approximate surface area is 163 Å². The molecule has 1 aromatic carbocycles. The summed E-state index contributed by atoms with van der Waals surface area (Å²) in [6.45, 7) is 4.18. The SMILES string of the molecule is COc1ccccc1CC(C)(C)NC(=O)C1CC2CCCC(C1)C2N.Cl. The van der Waals surface area contributed by atoms with Gasteiger partial charge in [-0.25, -0.2) is 0 Å². The molecule has 0 aliphatic heterocycles. The topological polar surface area (TPSA) is 64.3 Å². The van der Waals surface area contributed by atoms with Crippen molar-refractivity contribution in [3.63, 3.8) is 0 Å². The van der Waals surface area contributed by atoms with Crippen LogP contribution in [0.4, 0.5) is 0 Å². The van der Waals surface area contributed by atoms with Gasteiger partial charge in [-0.15, -0.1) is 12.4 Å². The molecule has 3 rings (SSSR count). The van der Waals surface area contributed by atoms with Crippen LogP contribution < -0.4 is 15.8 Å². The molecule has 0 spiro atoms. The maximum absolute atomic E-state index is 12.9. The first kappa shape index (κ1) is 21.0. The number of nitrogens with one attached hydrogen (secondary N) is 1. The van der Waals surface area contributed by atoms with Gasteiger partial charge >= 0.3 is 0 Å².